The van der Waals surface area contributed by atoms with Crippen LogP contribution in [0.1, 0.15) is 0 Å². The number of hydrogen-bond donors (Lipinski definition) is 0. The average Bonchev–Trinajstić information content (AvgIpc) is 3.27. The second-order valence-electron chi connectivity index (χ2n) is 5.22. The number of aromatic nitrogens is 2. The molecule has 0 aliphatic carbocycles. The molecule has 22 heavy (non-hydrogen) atoms. The largest absolute Gasteiger partial charge is 0.370 e. The molecule has 0 spiro atoms. The van der Waals surface area contributed by atoms with Crippen molar-refractivity contribution in [2.45, 2.75) is 0 Å². The van der Waals surface area contributed by atoms with E-state index in [0.29, 0.717) is 0 Å². The summed E-state index contributed by atoms with van der Waals surface area (Å²) in [5.74, 6) is 2.45. The summed E-state index contributed by atoms with van der Waals surface area (Å²) in [4.78, 5) is 3.71. The highest BCUT2D eigenvalue weighted by molar-refractivity contribution is 7.99. The molecule has 0 amide bonds. The molecule has 0 saturated carbocycles. The van der Waals surface area contributed by atoms with Gasteiger partial charge in [-0.25, -0.2) is 4.68 Å². The summed E-state index contributed by atoms with van der Waals surface area (Å²) in [6, 6.07) is 15.0. The summed E-state index contributed by atoms with van der Waals surface area (Å²) in [6.07, 6.45) is 1.87. The molecule has 1 saturated heterocycles. The molecular formula is C17H17N3S2. The zero-order valence-electron chi connectivity index (χ0n) is 12.2. The minimum atomic E-state index is 1.11. The standard InChI is InChI=1S/C17H17N3S2/c1-2-17(22-11-1)16-7-8-18-20(16)15-5-3-14(4-6-15)19-9-12-21-13-10-19/h1-8,11H,9-10,12-13H2. The van der Waals surface area contributed by atoms with E-state index in [-0.39, 0.29) is 0 Å². The van der Waals surface area contributed by atoms with Gasteiger partial charge in [-0.1, -0.05) is 6.07 Å². The molecule has 3 nitrogen and oxygen atoms in total. The van der Waals surface area contributed by atoms with Gasteiger partial charge < -0.3 is 4.90 Å². The van der Waals surface area contributed by atoms with Crippen molar-refractivity contribution >= 4 is 28.8 Å². The van der Waals surface area contributed by atoms with Crippen molar-refractivity contribution in [3.63, 3.8) is 0 Å². The highest BCUT2D eigenvalue weighted by Crippen LogP contribution is 2.27. The van der Waals surface area contributed by atoms with Crippen LogP contribution in [0.3, 0.4) is 0 Å². The predicted molar refractivity (Wildman–Crippen MR) is 96.4 cm³/mol. The Kier molecular flexibility index (Phi) is 3.91. The second-order valence-corrected chi connectivity index (χ2v) is 7.39. The van der Waals surface area contributed by atoms with Crippen molar-refractivity contribution < 1.29 is 0 Å². The third-order valence-electron chi connectivity index (χ3n) is 3.89. The lowest BCUT2D eigenvalue weighted by Gasteiger charge is -2.28. The fraction of sp³-hybridized carbons (Fsp3) is 0.235. The van der Waals surface area contributed by atoms with Gasteiger partial charge in [-0.2, -0.15) is 16.9 Å². The molecule has 1 aliphatic rings. The van der Waals surface area contributed by atoms with E-state index in [0.717, 1.165) is 24.5 Å². The van der Waals surface area contributed by atoms with Gasteiger partial charge >= 0.3 is 0 Å². The molecule has 0 unspecified atom stereocenters. The van der Waals surface area contributed by atoms with Crippen LogP contribution in [-0.2, 0) is 0 Å². The van der Waals surface area contributed by atoms with Gasteiger partial charge in [0, 0.05) is 30.3 Å². The molecule has 3 aromatic rings. The van der Waals surface area contributed by atoms with Crippen molar-refractivity contribution in [1.29, 1.82) is 0 Å². The molecule has 1 aliphatic heterocycles. The predicted octanol–water partition coefficient (Wildman–Crippen LogP) is 4.15. The van der Waals surface area contributed by atoms with E-state index < -0.39 is 0 Å². The SMILES string of the molecule is c1csc(-c2ccnn2-c2ccc(N3CCSCC3)cc2)c1. The third kappa shape index (κ3) is 2.66. The maximum absolute atomic E-state index is 4.49. The van der Waals surface area contributed by atoms with Crippen LogP contribution >= 0.6 is 23.1 Å². The van der Waals surface area contributed by atoms with Crippen molar-refractivity contribution in [2.24, 2.45) is 0 Å². The highest BCUT2D eigenvalue weighted by atomic mass is 32.2. The van der Waals surface area contributed by atoms with Crippen LogP contribution in [0.2, 0.25) is 0 Å². The van der Waals surface area contributed by atoms with Gasteiger partial charge in [-0.3, -0.25) is 0 Å². The Bertz CT molecular complexity index is 726. The molecule has 1 aromatic carbocycles. The molecule has 0 bridgehead atoms. The Morgan fingerprint density at radius 2 is 1.68 bits per heavy atom. The summed E-state index contributed by atoms with van der Waals surface area (Å²) in [5.41, 5.74) is 3.58. The molecule has 5 heteroatoms. The number of thioether (sulfide) groups is 1. The molecular weight excluding hydrogens is 310 g/mol. The molecule has 3 heterocycles. The highest BCUT2D eigenvalue weighted by Gasteiger charge is 2.12. The summed E-state index contributed by atoms with van der Waals surface area (Å²) in [5, 5.41) is 6.59. The van der Waals surface area contributed by atoms with Gasteiger partial charge in [0.05, 0.1) is 22.5 Å². The first-order valence-corrected chi connectivity index (χ1v) is 9.46. The van der Waals surface area contributed by atoms with E-state index in [1.165, 1.54) is 22.1 Å². The second kappa shape index (κ2) is 6.18. The van der Waals surface area contributed by atoms with Crippen molar-refractivity contribution in [2.75, 3.05) is 29.5 Å². The first-order chi connectivity index (χ1) is 10.9. The normalized spacial score (nSPS) is 15.2. The van der Waals surface area contributed by atoms with Gasteiger partial charge in [-0.05, 0) is 41.8 Å². The summed E-state index contributed by atoms with van der Waals surface area (Å²) < 4.78 is 2.02. The zero-order valence-corrected chi connectivity index (χ0v) is 13.8. The topological polar surface area (TPSA) is 21.1 Å². The van der Waals surface area contributed by atoms with E-state index >= 15 is 0 Å². The van der Waals surface area contributed by atoms with Crippen molar-refractivity contribution in [3.05, 3.63) is 54.0 Å². The molecule has 0 atom stereocenters. The van der Waals surface area contributed by atoms with Crippen LogP contribution < -0.4 is 4.90 Å². The van der Waals surface area contributed by atoms with E-state index in [9.17, 15) is 0 Å². The Balaban J connectivity index is 1.63. The lowest BCUT2D eigenvalue weighted by Crippen LogP contribution is -2.32. The van der Waals surface area contributed by atoms with Crippen LogP contribution in [0.5, 0.6) is 0 Å². The van der Waals surface area contributed by atoms with Gasteiger partial charge in [0.1, 0.15) is 0 Å². The summed E-state index contributed by atoms with van der Waals surface area (Å²) >= 11 is 3.78. The monoisotopic (exact) mass is 327 g/mol. The molecule has 4 rings (SSSR count). The van der Waals surface area contributed by atoms with E-state index in [2.05, 4.69) is 57.8 Å². The maximum atomic E-state index is 4.49. The zero-order chi connectivity index (χ0) is 14.8. The minimum Gasteiger partial charge on any atom is -0.370 e. The smallest absolute Gasteiger partial charge is 0.0840 e. The maximum Gasteiger partial charge on any atom is 0.0840 e. The Morgan fingerprint density at radius 1 is 0.909 bits per heavy atom. The fourth-order valence-electron chi connectivity index (χ4n) is 2.75. The third-order valence-corrected chi connectivity index (χ3v) is 5.72. The first kappa shape index (κ1) is 13.9. The Hall–Kier alpha value is -1.72. The Morgan fingerprint density at radius 3 is 2.41 bits per heavy atom. The van der Waals surface area contributed by atoms with Crippen LogP contribution in [0, 0.1) is 0 Å². The fourth-order valence-corrected chi connectivity index (χ4v) is 4.39. The van der Waals surface area contributed by atoms with Gasteiger partial charge in [0.25, 0.3) is 0 Å². The van der Waals surface area contributed by atoms with Gasteiger partial charge in [-0.15, -0.1) is 11.3 Å². The summed E-state index contributed by atoms with van der Waals surface area (Å²) in [6.45, 7) is 2.29. The van der Waals surface area contributed by atoms with E-state index in [4.69, 9.17) is 0 Å². The van der Waals surface area contributed by atoms with Gasteiger partial charge in [0.15, 0.2) is 0 Å². The van der Waals surface area contributed by atoms with Crippen molar-refractivity contribution in [1.82, 2.24) is 9.78 Å². The van der Waals surface area contributed by atoms with Crippen molar-refractivity contribution in [3.8, 4) is 16.3 Å². The molecule has 1 fully saturated rings. The van der Waals surface area contributed by atoms with Gasteiger partial charge in [0.2, 0.25) is 0 Å². The van der Waals surface area contributed by atoms with Crippen LogP contribution in [-0.4, -0.2) is 34.4 Å². The Labute approximate surface area is 138 Å². The number of benzene rings is 1. The number of hydrogen-bond acceptors (Lipinski definition) is 4. The number of rotatable bonds is 3. The summed E-state index contributed by atoms with van der Waals surface area (Å²) in [7, 11) is 0. The van der Waals surface area contributed by atoms with E-state index in [1.807, 2.05) is 22.6 Å². The molecule has 2 aromatic heterocycles. The lowest BCUT2D eigenvalue weighted by molar-refractivity contribution is 0.854. The van der Waals surface area contributed by atoms with Crippen LogP contribution in [0.25, 0.3) is 16.3 Å². The number of anilines is 1. The number of thiophene rings is 1. The molecule has 0 N–H and O–H groups in total. The average molecular weight is 327 g/mol. The number of nitrogens with zero attached hydrogens (tertiary/aromatic N) is 3. The first-order valence-electron chi connectivity index (χ1n) is 7.43. The molecule has 0 radical (unpaired) electrons. The molecule has 112 valence electrons. The quantitative estimate of drug-likeness (QED) is 0.721. The van der Waals surface area contributed by atoms with Crippen LogP contribution in [0.15, 0.2) is 54.0 Å². The lowest BCUT2D eigenvalue weighted by atomic mass is 10.2. The minimum absolute atomic E-state index is 1.11. The van der Waals surface area contributed by atoms with E-state index in [1.54, 1.807) is 11.3 Å². The van der Waals surface area contributed by atoms with Crippen LogP contribution in [0.4, 0.5) is 5.69 Å².